The molecule has 0 bridgehead atoms. The van der Waals surface area contributed by atoms with E-state index in [0.29, 0.717) is 35.1 Å². The van der Waals surface area contributed by atoms with Gasteiger partial charge in [0.25, 0.3) is 14.7 Å². The molecule has 18 heteroatoms. The summed E-state index contributed by atoms with van der Waals surface area (Å²) in [6.45, 7) is 7.85. The summed E-state index contributed by atoms with van der Waals surface area (Å²) in [5.41, 5.74) is 8.02. The van der Waals surface area contributed by atoms with Gasteiger partial charge in [-0.1, -0.05) is 51.7 Å². The average molecular weight is 861 g/mol. The third-order valence-electron chi connectivity index (χ3n) is 9.85. The van der Waals surface area contributed by atoms with Crippen LogP contribution in [0.15, 0.2) is 47.5 Å². The number of aliphatic carboxylic acids is 2. The SMILES string of the molecule is COc1ccc(C2=C(C#CP(=O)(O)C[C@@H](O)CC(=O)[O-])C(C)(C)CCC2)cc1F.COc1ccc(C2=C(C#CP(=O)(O)C[C@@H](O)CC(=O)[O-])C(C)(C)CCC2)cc1F.[Li+].[Li+]. The number of hydrogen-bond donors (Lipinski definition) is 4. The minimum atomic E-state index is -4.10. The van der Waals surface area contributed by atoms with Crippen LogP contribution in [0.1, 0.15) is 90.2 Å². The van der Waals surface area contributed by atoms with Crippen molar-refractivity contribution in [3.63, 3.8) is 0 Å². The number of halogens is 2. The number of benzene rings is 2. The topological polar surface area (TPSA) is 214 Å². The van der Waals surface area contributed by atoms with Crippen molar-refractivity contribution in [3.8, 4) is 34.7 Å². The smallest absolute Gasteiger partial charge is 0.550 e. The molecule has 4 rings (SSSR count). The molecule has 2 aliphatic rings. The van der Waals surface area contributed by atoms with E-state index in [9.17, 15) is 57.7 Å². The Balaban J connectivity index is 0.000000581. The summed E-state index contributed by atoms with van der Waals surface area (Å²) in [5.74, 6) is 1.81. The molecule has 2 aromatic carbocycles. The van der Waals surface area contributed by atoms with Crippen molar-refractivity contribution in [1.82, 2.24) is 0 Å². The van der Waals surface area contributed by atoms with Crippen LogP contribution in [-0.4, -0.2) is 70.7 Å². The fourth-order valence-electron chi connectivity index (χ4n) is 6.97. The molecule has 12 nitrogen and oxygen atoms in total. The van der Waals surface area contributed by atoms with Gasteiger partial charge in [-0.2, -0.15) is 0 Å². The van der Waals surface area contributed by atoms with Crippen molar-refractivity contribution in [1.29, 1.82) is 0 Å². The summed E-state index contributed by atoms with van der Waals surface area (Å²) >= 11 is 0. The molecular formula is C42H50F2Li2O12P2. The molecule has 0 fully saturated rings. The molecule has 0 aliphatic heterocycles. The van der Waals surface area contributed by atoms with Gasteiger partial charge in [-0.25, -0.2) is 8.78 Å². The molecule has 0 aromatic heterocycles. The summed E-state index contributed by atoms with van der Waals surface area (Å²) in [6, 6.07) is 9.22. The first-order valence-corrected chi connectivity index (χ1v) is 22.2. The minimum absolute atomic E-state index is 0. The second-order valence-corrected chi connectivity index (χ2v) is 19.6. The molecular weight excluding hydrogens is 810 g/mol. The zero-order valence-electron chi connectivity index (χ0n) is 35.4. The van der Waals surface area contributed by atoms with Crippen LogP contribution in [0.2, 0.25) is 0 Å². The monoisotopic (exact) mass is 860 g/mol. The molecule has 0 saturated heterocycles. The van der Waals surface area contributed by atoms with Gasteiger partial charge < -0.3 is 49.3 Å². The molecule has 0 amide bonds. The van der Waals surface area contributed by atoms with Gasteiger partial charge in [-0.3, -0.25) is 9.13 Å². The number of hydrogen-bond acceptors (Lipinski definition) is 10. The fourth-order valence-corrected chi connectivity index (χ4v) is 9.13. The Hall–Kier alpha value is -3.07. The van der Waals surface area contributed by atoms with Crippen molar-refractivity contribution in [2.24, 2.45) is 10.8 Å². The molecule has 2 aliphatic carbocycles. The van der Waals surface area contributed by atoms with Crippen LogP contribution in [0, 0.1) is 45.6 Å². The Morgan fingerprint density at radius 1 is 0.717 bits per heavy atom. The Bertz CT molecular complexity index is 2010. The molecule has 0 spiro atoms. The summed E-state index contributed by atoms with van der Waals surface area (Å²) in [7, 11) is -5.44. The van der Waals surface area contributed by atoms with Crippen LogP contribution in [0.25, 0.3) is 11.1 Å². The van der Waals surface area contributed by atoms with Crippen LogP contribution in [0.3, 0.4) is 0 Å². The molecule has 316 valence electrons. The normalized spacial score (nSPS) is 18.3. The van der Waals surface area contributed by atoms with Crippen LogP contribution in [0.4, 0.5) is 8.78 Å². The van der Waals surface area contributed by atoms with Crippen molar-refractivity contribution in [2.75, 3.05) is 26.5 Å². The van der Waals surface area contributed by atoms with Gasteiger partial charge in [0.1, 0.15) is 0 Å². The number of rotatable bonds is 12. The van der Waals surface area contributed by atoms with Crippen LogP contribution in [0.5, 0.6) is 11.5 Å². The van der Waals surface area contributed by atoms with E-state index in [-0.39, 0.29) is 60.1 Å². The molecule has 0 heterocycles. The van der Waals surface area contributed by atoms with E-state index in [1.54, 1.807) is 12.1 Å². The van der Waals surface area contributed by atoms with Gasteiger partial charge >= 0.3 is 37.7 Å². The van der Waals surface area contributed by atoms with Gasteiger partial charge in [0.15, 0.2) is 23.1 Å². The molecule has 2 aromatic rings. The maximum atomic E-state index is 14.2. The maximum Gasteiger partial charge on any atom is 1.00 e. The third-order valence-corrected chi connectivity index (χ3v) is 12.6. The molecule has 0 saturated carbocycles. The van der Waals surface area contributed by atoms with E-state index in [2.05, 4.69) is 23.2 Å². The number of methoxy groups -OCH3 is 2. The number of aliphatic hydroxyl groups is 2. The van der Waals surface area contributed by atoms with Crippen molar-refractivity contribution in [2.45, 2.75) is 91.3 Å². The second kappa shape index (κ2) is 23.4. The summed E-state index contributed by atoms with van der Waals surface area (Å²) in [6.07, 6.45) is -1.21. The van der Waals surface area contributed by atoms with Crippen LogP contribution < -0.4 is 57.4 Å². The zero-order chi connectivity index (χ0) is 43.6. The summed E-state index contributed by atoms with van der Waals surface area (Å²) in [5, 5.41) is 40.3. The number of allylic oxidation sites excluding steroid dienone is 4. The number of carboxylic acid groups (broad SMARTS) is 2. The van der Waals surface area contributed by atoms with E-state index in [0.717, 1.165) is 36.8 Å². The van der Waals surface area contributed by atoms with E-state index in [1.807, 2.05) is 27.7 Å². The maximum absolute atomic E-state index is 14.2. The molecule has 60 heavy (non-hydrogen) atoms. The predicted molar refractivity (Wildman–Crippen MR) is 211 cm³/mol. The predicted octanol–water partition coefficient (Wildman–Crippen LogP) is -0.932. The number of aliphatic hydroxyl groups excluding tert-OH is 2. The number of ether oxygens (including phenoxy) is 2. The largest absolute Gasteiger partial charge is 1.00 e. The molecule has 4 N–H and O–H groups in total. The number of carbonyl (C=O) groups excluding carboxylic acids is 2. The molecule has 4 atom stereocenters. The zero-order valence-corrected chi connectivity index (χ0v) is 37.2. The standard InChI is InChI=1S/2C21H26FO6P.2Li/c2*1-21(2)9-4-5-16(14-6-7-19(28-3)18(22)11-14)17(21)8-10-29(26,27)13-15(23)12-20(24)25;;/h2*6-7,11,15,23H,4-5,9,12-13H2,1-3H3,(H,24,25)(H,26,27);;/q;;2*+1/p-2/t2*15-;;/m00../s1. The Morgan fingerprint density at radius 3 is 1.33 bits per heavy atom. The van der Waals surface area contributed by atoms with Crippen LogP contribution in [-0.2, 0) is 18.7 Å². The van der Waals surface area contributed by atoms with Crippen molar-refractivity contribution < 1.29 is 105 Å². The first kappa shape index (κ1) is 55.0. The fraction of sp³-hybridized carbons (Fsp3) is 0.476. The van der Waals surface area contributed by atoms with E-state index < -0.39 is 75.7 Å². The minimum Gasteiger partial charge on any atom is -0.550 e. The first-order valence-electron chi connectivity index (χ1n) is 18.5. The van der Waals surface area contributed by atoms with Crippen molar-refractivity contribution >= 4 is 37.8 Å². The Morgan fingerprint density at radius 2 is 1.05 bits per heavy atom. The van der Waals surface area contributed by atoms with E-state index >= 15 is 0 Å². The van der Waals surface area contributed by atoms with Crippen molar-refractivity contribution in [3.05, 3.63) is 70.3 Å². The number of carboxylic acids is 2. The molecule has 2 unspecified atom stereocenters. The second-order valence-electron chi connectivity index (χ2n) is 15.6. The van der Waals surface area contributed by atoms with Gasteiger partial charge in [0.05, 0.1) is 38.8 Å². The van der Waals surface area contributed by atoms with Gasteiger partial charge in [-0.05, 0) is 107 Å². The van der Waals surface area contributed by atoms with Gasteiger partial charge in [-0.15, -0.1) is 0 Å². The third kappa shape index (κ3) is 16.3. The average Bonchev–Trinajstić information content (AvgIpc) is 3.08. The Labute approximate surface area is 374 Å². The first-order chi connectivity index (χ1) is 26.9. The quantitative estimate of drug-likeness (QED) is 0.116. The number of carbonyl (C=O) groups is 2. The van der Waals surface area contributed by atoms with Gasteiger partial charge in [0, 0.05) is 35.9 Å². The van der Waals surface area contributed by atoms with E-state index in [4.69, 9.17) is 9.47 Å². The van der Waals surface area contributed by atoms with E-state index in [1.165, 1.54) is 38.5 Å². The molecule has 0 radical (unpaired) electrons. The summed E-state index contributed by atoms with van der Waals surface area (Å²) < 4.78 is 63.0. The Kier molecular flexibility index (Phi) is 21.4. The van der Waals surface area contributed by atoms with Crippen LogP contribution >= 0.6 is 14.7 Å². The van der Waals surface area contributed by atoms with Gasteiger partial charge in [0.2, 0.25) is 0 Å². The summed E-state index contributed by atoms with van der Waals surface area (Å²) in [4.78, 5) is 41.2.